The van der Waals surface area contributed by atoms with Crippen LogP contribution in [-0.4, -0.2) is 23.1 Å². The number of nitrogens with zero attached hydrogens (tertiary/aromatic N) is 2. The molecule has 1 saturated carbocycles. The molecule has 3 atom stereocenters. The zero-order valence-electron chi connectivity index (χ0n) is 13.0. The summed E-state index contributed by atoms with van der Waals surface area (Å²) in [7, 11) is 1.94. The van der Waals surface area contributed by atoms with Crippen LogP contribution in [0.15, 0.2) is 18.2 Å². The lowest BCUT2D eigenvalue weighted by molar-refractivity contribution is -0.384. The van der Waals surface area contributed by atoms with Gasteiger partial charge in [-0.25, -0.2) is 0 Å². The van der Waals surface area contributed by atoms with Crippen LogP contribution >= 0.6 is 0 Å². The van der Waals surface area contributed by atoms with Crippen LogP contribution in [0.5, 0.6) is 0 Å². The van der Waals surface area contributed by atoms with Gasteiger partial charge in [-0.2, -0.15) is 0 Å². The van der Waals surface area contributed by atoms with Gasteiger partial charge in [-0.1, -0.05) is 25.8 Å². The summed E-state index contributed by atoms with van der Waals surface area (Å²) < 4.78 is 0. The minimum absolute atomic E-state index is 0.0775. The van der Waals surface area contributed by atoms with Gasteiger partial charge in [-0.3, -0.25) is 10.1 Å². The standard InChI is InChI=1S/C16H24N2O3/c1-11-6-4-5-7-14(11)17(3)15-9-8-13(12(2)19)10-16(15)18(20)21/h8-12,14,19H,4-7H2,1-3H3. The quantitative estimate of drug-likeness (QED) is 0.679. The van der Waals surface area contributed by atoms with E-state index in [1.165, 1.54) is 25.3 Å². The van der Waals surface area contributed by atoms with E-state index in [-0.39, 0.29) is 10.6 Å². The lowest BCUT2D eigenvalue weighted by Gasteiger charge is -2.37. The van der Waals surface area contributed by atoms with E-state index in [0.717, 1.165) is 6.42 Å². The van der Waals surface area contributed by atoms with Gasteiger partial charge in [0.25, 0.3) is 5.69 Å². The van der Waals surface area contributed by atoms with E-state index in [1.807, 2.05) is 11.9 Å². The maximum Gasteiger partial charge on any atom is 0.292 e. The number of hydrogen-bond donors (Lipinski definition) is 1. The highest BCUT2D eigenvalue weighted by atomic mass is 16.6. The number of anilines is 1. The molecule has 1 fully saturated rings. The Balaban J connectivity index is 2.35. The van der Waals surface area contributed by atoms with Gasteiger partial charge in [0, 0.05) is 19.2 Å². The Morgan fingerprint density at radius 1 is 1.38 bits per heavy atom. The molecule has 2 rings (SSSR count). The zero-order valence-corrected chi connectivity index (χ0v) is 13.0. The van der Waals surface area contributed by atoms with Crippen molar-refractivity contribution in [3.63, 3.8) is 0 Å². The normalized spacial score (nSPS) is 23.6. The first-order chi connectivity index (χ1) is 9.91. The molecule has 1 N–H and O–H groups in total. The average molecular weight is 292 g/mol. The fraction of sp³-hybridized carbons (Fsp3) is 0.625. The summed E-state index contributed by atoms with van der Waals surface area (Å²) in [6.45, 7) is 3.84. The molecule has 21 heavy (non-hydrogen) atoms. The van der Waals surface area contributed by atoms with Gasteiger partial charge in [-0.15, -0.1) is 0 Å². The number of aliphatic hydroxyl groups is 1. The summed E-state index contributed by atoms with van der Waals surface area (Å²) >= 11 is 0. The lowest BCUT2D eigenvalue weighted by Crippen LogP contribution is -2.39. The van der Waals surface area contributed by atoms with Gasteiger partial charge in [0.1, 0.15) is 5.69 Å². The second kappa shape index (κ2) is 6.43. The molecule has 5 nitrogen and oxygen atoms in total. The molecule has 0 aliphatic heterocycles. The van der Waals surface area contributed by atoms with Gasteiger partial charge >= 0.3 is 0 Å². The van der Waals surface area contributed by atoms with Crippen molar-refractivity contribution in [1.29, 1.82) is 0 Å². The molecule has 5 heteroatoms. The maximum atomic E-state index is 11.4. The molecule has 0 amide bonds. The van der Waals surface area contributed by atoms with Crippen molar-refractivity contribution in [3.8, 4) is 0 Å². The van der Waals surface area contributed by atoms with E-state index >= 15 is 0 Å². The van der Waals surface area contributed by atoms with Gasteiger partial charge in [0.05, 0.1) is 11.0 Å². The summed E-state index contributed by atoms with van der Waals surface area (Å²) in [5.74, 6) is 0.541. The molecular formula is C16H24N2O3. The summed E-state index contributed by atoms with van der Waals surface area (Å²) in [6, 6.07) is 5.37. The molecular weight excluding hydrogens is 268 g/mol. The van der Waals surface area contributed by atoms with Crippen LogP contribution in [0.1, 0.15) is 51.2 Å². The Labute approximate surface area is 125 Å². The Kier molecular flexibility index (Phi) is 4.83. The second-order valence-electron chi connectivity index (χ2n) is 6.12. The van der Waals surface area contributed by atoms with E-state index in [1.54, 1.807) is 19.1 Å². The number of nitro benzene ring substituents is 1. The molecule has 3 unspecified atom stereocenters. The Morgan fingerprint density at radius 2 is 2.05 bits per heavy atom. The average Bonchev–Trinajstić information content (AvgIpc) is 2.46. The van der Waals surface area contributed by atoms with Crippen LogP contribution in [0, 0.1) is 16.0 Å². The van der Waals surface area contributed by atoms with Crippen LogP contribution in [0.4, 0.5) is 11.4 Å². The summed E-state index contributed by atoms with van der Waals surface area (Å²) in [6.07, 6.45) is 3.98. The highest BCUT2D eigenvalue weighted by molar-refractivity contribution is 5.64. The van der Waals surface area contributed by atoms with Crippen molar-refractivity contribution in [3.05, 3.63) is 33.9 Å². The highest BCUT2D eigenvalue weighted by Crippen LogP contribution is 2.36. The fourth-order valence-corrected chi connectivity index (χ4v) is 3.30. The zero-order chi connectivity index (χ0) is 15.6. The number of rotatable bonds is 4. The highest BCUT2D eigenvalue weighted by Gasteiger charge is 2.29. The van der Waals surface area contributed by atoms with Crippen LogP contribution in [0.25, 0.3) is 0 Å². The minimum Gasteiger partial charge on any atom is -0.389 e. The molecule has 0 radical (unpaired) electrons. The molecule has 0 spiro atoms. The molecule has 0 aromatic heterocycles. The molecule has 116 valence electrons. The molecule has 1 aromatic carbocycles. The third-order valence-electron chi connectivity index (χ3n) is 4.62. The first-order valence-electron chi connectivity index (χ1n) is 7.61. The molecule has 1 aliphatic carbocycles. The van der Waals surface area contributed by atoms with Crippen molar-refractivity contribution >= 4 is 11.4 Å². The van der Waals surface area contributed by atoms with Crippen molar-refractivity contribution in [2.45, 2.75) is 51.7 Å². The van der Waals surface area contributed by atoms with E-state index in [9.17, 15) is 15.2 Å². The fourth-order valence-electron chi connectivity index (χ4n) is 3.30. The van der Waals surface area contributed by atoms with Crippen molar-refractivity contribution < 1.29 is 10.0 Å². The Morgan fingerprint density at radius 3 is 2.62 bits per heavy atom. The number of hydrogen-bond acceptors (Lipinski definition) is 4. The Hall–Kier alpha value is -1.62. The van der Waals surface area contributed by atoms with Crippen LogP contribution in [0.2, 0.25) is 0 Å². The van der Waals surface area contributed by atoms with E-state index in [2.05, 4.69) is 6.92 Å². The maximum absolute atomic E-state index is 11.4. The summed E-state index contributed by atoms with van der Waals surface area (Å²) in [5.41, 5.74) is 1.30. The van der Waals surface area contributed by atoms with Gasteiger partial charge < -0.3 is 10.0 Å². The summed E-state index contributed by atoms with van der Waals surface area (Å²) in [4.78, 5) is 13.1. The molecule has 0 saturated heterocycles. The SMILES string of the molecule is CC(O)c1ccc(N(C)C2CCCCC2C)c([N+](=O)[O-])c1. The predicted molar refractivity (Wildman–Crippen MR) is 83.6 cm³/mol. The topological polar surface area (TPSA) is 66.6 Å². The monoisotopic (exact) mass is 292 g/mol. The predicted octanol–water partition coefficient (Wildman–Crippen LogP) is 3.66. The van der Waals surface area contributed by atoms with Crippen molar-refractivity contribution in [2.75, 3.05) is 11.9 Å². The van der Waals surface area contributed by atoms with E-state index < -0.39 is 6.10 Å². The molecule has 0 bridgehead atoms. The van der Waals surface area contributed by atoms with Gasteiger partial charge in [-0.05, 0) is 37.3 Å². The van der Waals surface area contributed by atoms with Gasteiger partial charge in [0.15, 0.2) is 0 Å². The smallest absolute Gasteiger partial charge is 0.292 e. The van der Waals surface area contributed by atoms with Crippen molar-refractivity contribution in [1.82, 2.24) is 0 Å². The second-order valence-corrected chi connectivity index (χ2v) is 6.12. The largest absolute Gasteiger partial charge is 0.389 e. The lowest BCUT2D eigenvalue weighted by atomic mass is 9.85. The third kappa shape index (κ3) is 3.35. The van der Waals surface area contributed by atoms with Crippen LogP contribution in [0.3, 0.4) is 0 Å². The van der Waals surface area contributed by atoms with E-state index in [4.69, 9.17) is 0 Å². The molecule has 0 heterocycles. The molecule has 1 aliphatic rings. The first-order valence-corrected chi connectivity index (χ1v) is 7.61. The number of nitro groups is 1. The third-order valence-corrected chi connectivity index (χ3v) is 4.62. The number of benzene rings is 1. The van der Waals surface area contributed by atoms with Crippen LogP contribution < -0.4 is 4.90 Å². The van der Waals surface area contributed by atoms with E-state index in [0.29, 0.717) is 23.2 Å². The minimum atomic E-state index is -0.698. The summed E-state index contributed by atoms with van der Waals surface area (Å²) in [5, 5.41) is 21.0. The Bertz CT molecular complexity index is 516. The van der Waals surface area contributed by atoms with Crippen molar-refractivity contribution in [2.24, 2.45) is 5.92 Å². The first kappa shape index (κ1) is 15.8. The number of aliphatic hydroxyl groups excluding tert-OH is 1. The molecule has 1 aromatic rings. The van der Waals surface area contributed by atoms with Gasteiger partial charge in [0.2, 0.25) is 0 Å². The van der Waals surface area contributed by atoms with Crippen LogP contribution in [-0.2, 0) is 0 Å².